The van der Waals surface area contributed by atoms with Crippen LogP contribution in [0.25, 0.3) is 0 Å². The van der Waals surface area contributed by atoms with Crippen LogP contribution in [0.1, 0.15) is 32.6 Å². The van der Waals surface area contributed by atoms with Crippen molar-refractivity contribution in [3.8, 4) is 0 Å². The smallest absolute Gasteiger partial charge is 0.303 e. The molecule has 1 aromatic carbocycles. The molecule has 1 fully saturated rings. The first kappa shape index (κ1) is 20.0. The van der Waals surface area contributed by atoms with Gasteiger partial charge in [0.15, 0.2) is 0 Å². The maximum absolute atomic E-state index is 12.5. The highest BCUT2D eigenvalue weighted by molar-refractivity contribution is 5.76. The molecule has 0 spiro atoms. The summed E-state index contributed by atoms with van der Waals surface area (Å²) in [5, 5.41) is 0. The third kappa shape index (κ3) is 5.62. The lowest BCUT2D eigenvalue weighted by Crippen LogP contribution is -2.48. The number of nitrogen functional groups attached to an aromatic ring is 1. The number of hydrogen-bond donors (Lipinski definition) is 1. The van der Waals surface area contributed by atoms with Gasteiger partial charge in [-0.15, -0.1) is 0 Å². The number of hydrogen-bond acceptors (Lipinski definition) is 5. The number of rotatable bonds is 6. The van der Waals surface area contributed by atoms with Gasteiger partial charge >= 0.3 is 5.97 Å². The van der Waals surface area contributed by atoms with Gasteiger partial charge in [-0.2, -0.15) is 0 Å². The van der Waals surface area contributed by atoms with Crippen molar-refractivity contribution in [3.05, 3.63) is 48.1 Å². The van der Waals surface area contributed by atoms with E-state index < -0.39 is 0 Å². The molecule has 2 aliphatic rings. The molecule has 0 aromatic heterocycles. The second-order valence-corrected chi connectivity index (χ2v) is 7.37. The second-order valence-electron chi connectivity index (χ2n) is 7.37. The highest BCUT2D eigenvalue weighted by Crippen LogP contribution is 2.22. The number of carbonyl (C=O) groups is 2. The molecule has 1 aromatic rings. The Morgan fingerprint density at radius 1 is 1.14 bits per heavy atom. The van der Waals surface area contributed by atoms with Gasteiger partial charge in [0.1, 0.15) is 6.10 Å². The fourth-order valence-corrected chi connectivity index (χ4v) is 3.71. The van der Waals surface area contributed by atoms with Gasteiger partial charge in [0.05, 0.1) is 0 Å². The van der Waals surface area contributed by atoms with Gasteiger partial charge in [-0.05, 0) is 43.2 Å². The van der Waals surface area contributed by atoms with Gasteiger partial charge in [-0.25, -0.2) is 0 Å². The van der Waals surface area contributed by atoms with E-state index in [0.717, 1.165) is 56.8 Å². The Hall–Kier alpha value is -2.76. The molecule has 3 rings (SSSR count). The zero-order valence-electron chi connectivity index (χ0n) is 16.5. The third-order valence-corrected chi connectivity index (χ3v) is 5.22. The number of allylic oxidation sites excluding steroid dienone is 2. The highest BCUT2D eigenvalue weighted by Gasteiger charge is 2.21. The van der Waals surface area contributed by atoms with Crippen LogP contribution in [0.2, 0.25) is 0 Å². The molecule has 150 valence electrons. The summed E-state index contributed by atoms with van der Waals surface area (Å²) in [6.45, 7) is 4.62. The number of amides is 1. The van der Waals surface area contributed by atoms with E-state index in [-0.39, 0.29) is 18.0 Å². The van der Waals surface area contributed by atoms with Crippen molar-refractivity contribution in [3.63, 3.8) is 0 Å². The van der Waals surface area contributed by atoms with Gasteiger partial charge in [-0.3, -0.25) is 9.59 Å². The van der Waals surface area contributed by atoms with E-state index in [9.17, 15) is 9.59 Å². The number of benzene rings is 1. The minimum absolute atomic E-state index is 0.172. The molecule has 6 nitrogen and oxygen atoms in total. The molecule has 0 saturated carbocycles. The zero-order chi connectivity index (χ0) is 19.9. The van der Waals surface area contributed by atoms with Gasteiger partial charge in [0.25, 0.3) is 0 Å². The number of ether oxygens (including phenoxy) is 1. The lowest BCUT2D eigenvalue weighted by atomic mass is 9.97. The summed E-state index contributed by atoms with van der Waals surface area (Å²) < 4.78 is 5.24. The van der Waals surface area contributed by atoms with Crippen LogP contribution in [0.5, 0.6) is 0 Å². The second kappa shape index (κ2) is 9.44. The van der Waals surface area contributed by atoms with Crippen LogP contribution in [-0.4, -0.2) is 49.1 Å². The zero-order valence-corrected chi connectivity index (χ0v) is 16.5. The lowest BCUT2D eigenvalue weighted by molar-refractivity contribution is -0.144. The fraction of sp³-hybridized carbons (Fsp3) is 0.455. The van der Waals surface area contributed by atoms with Crippen molar-refractivity contribution >= 4 is 23.3 Å². The van der Waals surface area contributed by atoms with Crippen molar-refractivity contribution in [1.82, 2.24) is 4.90 Å². The molecule has 1 heterocycles. The maximum Gasteiger partial charge on any atom is 0.303 e. The van der Waals surface area contributed by atoms with Crippen LogP contribution in [0.15, 0.2) is 48.1 Å². The topological polar surface area (TPSA) is 75.9 Å². The molecule has 1 saturated heterocycles. The van der Waals surface area contributed by atoms with E-state index in [1.807, 2.05) is 41.3 Å². The molecular weight excluding hydrogens is 354 g/mol. The molecule has 1 aliphatic heterocycles. The first-order valence-corrected chi connectivity index (χ1v) is 9.93. The predicted octanol–water partition coefficient (Wildman–Crippen LogP) is 2.91. The average molecular weight is 383 g/mol. The Labute approximate surface area is 166 Å². The van der Waals surface area contributed by atoms with Gasteiger partial charge in [0.2, 0.25) is 5.91 Å². The van der Waals surface area contributed by atoms with E-state index in [1.165, 1.54) is 12.5 Å². The van der Waals surface area contributed by atoms with E-state index in [0.29, 0.717) is 6.42 Å². The number of anilines is 2. The summed E-state index contributed by atoms with van der Waals surface area (Å²) in [6.07, 6.45) is 8.69. The minimum atomic E-state index is -0.260. The predicted molar refractivity (Wildman–Crippen MR) is 111 cm³/mol. The Morgan fingerprint density at radius 2 is 1.86 bits per heavy atom. The van der Waals surface area contributed by atoms with Crippen LogP contribution < -0.4 is 10.6 Å². The molecular formula is C22H29N3O3. The van der Waals surface area contributed by atoms with E-state index >= 15 is 0 Å². The number of esters is 1. The molecule has 6 heteroatoms. The third-order valence-electron chi connectivity index (χ3n) is 5.22. The molecule has 2 N–H and O–H groups in total. The summed E-state index contributed by atoms with van der Waals surface area (Å²) in [6, 6.07) is 7.88. The Bertz CT molecular complexity index is 747. The van der Waals surface area contributed by atoms with Gasteiger partial charge in [-0.1, -0.05) is 17.7 Å². The minimum Gasteiger partial charge on any atom is -0.458 e. The average Bonchev–Trinajstić information content (AvgIpc) is 2.68. The standard InChI is InChI=1S/C22H29N3O3/c1-17(26)28-21-6-2-4-18(16-21)5-3-7-22(27)25-14-12-24(13-15-25)20-10-8-19(23)9-11-20/h2,4,6,8-11,21H,3,5,7,12-16,23H2,1H3. The van der Waals surface area contributed by atoms with Crippen LogP contribution in [-0.2, 0) is 14.3 Å². The van der Waals surface area contributed by atoms with Crippen LogP contribution in [0, 0.1) is 0 Å². The number of piperazine rings is 1. The number of carbonyl (C=O) groups excluding carboxylic acids is 2. The SMILES string of the molecule is CC(=O)OC1C=CC=C(CCCC(=O)N2CCN(c3ccc(N)cc3)CC2)C1. The van der Waals surface area contributed by atoms with Gasteiger partial charge in [0, 0.05) is 57.3 Å². The first-order valence-electron chi connectivity index (χ1n) is 9.93. The summed E-state index contributed by atoms with van der Waals surface area (Å²) >= 11 is 0. The molecule has 0 radical (unpaired) electrons. The molecule has 1 unspecified atom stereocenters. The number of nitrogens with two attached hydrogens (primary N) is 1. The quantitative estimate of drug-likeness (QED) is 0.604. The molecule has 28 heavy (non-hydrogen) atoms. The highest BCUT2D eigenvalue weighted by atomic mass is 16.5. The van der Waals surface area contributed by atoms with Crippen LogP contribution in [0.3, 0.4) is 0 Å². The Balaban J connectivity index is 1.38. The monoisotopic (exact) mass is 383 g/mol. The first-order chi connectivity index (χ1) is 13.5. The normalized spacial score (nSPS) is 19.3. The summed E-state index contributed by atoms with van der Waals surface area (Å²) in [7, 11) is 0. The lowest BCUT2D eigenvalue weighted by Gasteiger charge is -2.36. The largest absolute Gasteiger partial charge is 0.458 e. The summed E-state index contributed by atoms with van der Waals surface area (Å²) in [5.74, 6) is -0.0374. The Morgan fingerprint density at radius 3 is 2.54 bits per heavy atom. The summed E-state index contributed by atoms with van der Waals surface area (Å²) in [5.41, 5.74) is 8.90. The fourth-order valence-electron chi connectivity index (χ4n) is 3.71. The Kier molecular flexibility index (Phi) is 6.74. The van der Waals surface area contributed by atoms with Crippen molar-refractivity contribution in [2.45, 2.75) is 38.7 Å². The van der Waals surface area contributed by atoms with Crippen molar-refractivity contribution < 1.29 is 14.3 Å². The molecule has 0 bridgehead atoms. The molecule has 1 amide bonds. The van der Waals surface area contributed by atoms with E-state index in [2.05, 4.69) is 11.0 Å². The molecule has 1 atom stereocenters. The van der Waals surface area contributed by atoms with Crippen LogP contribution >= 0.6 is 0 Å². The maximum atomic E-state index is 12.5. The molecule has 1 aliphatic carbocycles. The number of nitrogens with zero attached hydrogens (tertiary/aromatic N) is 2. The summed E-state index contributed by atoms with van der Waals surface area (Å²) in [4.78, 5) is 27.9. The van der Waals surface area contributed by atoms with Gasteiger partial charge < -0.3 is 20.3 Å². The van der Waals surface area contributed by atoms with Crippen molar-refractivity contribution in [2.24, 2.45) is 0 Å². The van der Waals surface area contributed by atoms with Crippen molar-refractivity contribution in [1.29, 1.82) is 0 Å². The van der Waals surface area contributed by atoms with E-state index in [1.54, 1.807) is 0 Å². The van der Waals surface area contributed by atoms with E-state index in [4.69, 9.17) is 10.5 Å². The van der Waals surface area contributed by atoms with Crippen LogP contribution in [0.4, 0.5) is 11.4 Å². The van der Waals surface area contributed by atoms with Crippen molar-refractivity contribution in [2.75, 3.05) is 36.8 Å².